The molecule has 4 heterocycles. The van der Waals surface area contributed by atoms with E-state index in [1.807, 2.05) is 35.4 Å². The van der Waals surface area contributed by atoms with E-state index >= 15 is 0 Å². The number of nitrogens with zero attached hydrogens (tertiary/aromatic N) is 7. The number of nitrogens with one attached hydrogen (secondary N) is 1. The van der Waals surface area contributed by atoms with Crippen molar-refractivity contribution < 1.29 is 18.7 Å². The highest BCUT2D eigenvalue weighted by atomic mass is 19.1. The molecule has 228 valence electrons. The van der Waals surface area contributed by atoms with Crippen LogP contribution in [0, 0.1) is 5.82 Å². The van der Waals surface area contributed by atoms with Crippen molar-refractivity contribution in [2.75, 3.05) is 39.8 Å². The number of ether oxygens (including phenoxy) is 1. The van der Waals surface area contributed by atoms with E-state index in [9.17, 15) is 14.0 Å². The van der Waals surface area contributed by atoms with Gasteiger partial charge in [0.2, 0.25) is 6.41 Å². The molecule has 0 aliphatic carbocycles. The number of amides is 2. The Hall–Kier alpha value is -4.71. The number of hydrogen-bond acceptors (Lipinski definition) is 8. The topological polar surface area (TPSA) is 118 Å². The van der Waals surface area contributed by atoms with Crippen molar-refractivity contribution in [2.24, 2.45) is 0 Å². The Kier molecular flexibility index (Phi) is 8.34. The van der Waals surface area contributed by atoms with Crippen molar-refractivity contribution in [3.63, 3.8) is 0 Å². The Bertz CT molecular complexity index is 1580. The third kappa shape index (κ3) is 5.77. The first kappa shape index (κ1) is 29.4. The van der Waals surface area contributed by atoms with Gasteiger partial charge in [0.25, 0.3) is 5.91 Å². The number of rotatable bonds is 10. The van der Waals surface area contributed by atoms with Crippen LogP contribution in [-0.2, 0) is 15.7 Å². The van der Waals surface area contributed by atoms with Gasteiger partial charge in [0.15, 0.2) is 0 Å². The van der Waals surface area contributed by atoms with E-state index in [1.54, 1.807) is 31.5 Å². The maximum absolute atomic E-state index is 14.0. The second-order valence-electron chi connectivity index (χ2n) is 11.6. The first-order valence-corrected chi connectivity index (χ1v) is 14.8. The highest BCUT2D eigenvalue weighted by Gasteiger charge is 2.43. The summed E-state index contributed by atoms with van der Waals surface area (Å²) >= 11 is 0. The van der Waals surface area contributed by atoms with Crippen molar-refractivity contribution in [1.82, 2.24) is 40.3 Å². The summed E-state index contributed by atoms with van der Waals surface area (Å²) in [6.07, 6.45) is 8.90. The van der Waals surface area contributed by atoms with Crippen LogP contribution in [0.3, 0.4) is 0 Å². The van der Waals surface area contributed by atoms with E-state index in [4.69, 9.17) is 4.74 Å². The summed E-state index contributed by atoms with van der Waals surface area (Å²) in [5.74, 6) is 0.0461. The number of hydrogen-bond donors (Lipinski definition) is 1. The van der Waals surface area contributed by atoms with E-state index in [0.29, 0.717) is 30.1 Å². The van der Waals surface area contributed by atoms with Crippen molar-refractivity contribution in [3.8, 4) is 11.4 Å². The van der Waals surface area contributed by atoms with Gasteiger partial charge in [-0.05, 0) is 90.2 Å². The number of aromatic nitrogens is 5. The molecule has 1 atom stereocenters. The molecule has 2 aromatic heterocycles. The predicted octanol–water partition coefficient (Wildman–Crippen LogP) is 3.12. The molecule has 11 nitrogen and oxygen atoms in total. The highest BCUT2D eigenvalue weighted by Crippen LogP contribution is 2.40. The monoisotopic (exact) mass is 598 g/mol. The number of benzene rings is 2. The van der Waals surface area contributed by atoms with E-state index in [0.717, 1.165) is 62.9 Å². The average Bonchev–Trinajstić information content (AvgIpc) is 3.77. The van der Waals surface area contributed by atoms with Crippen molar-refractivity contribution in [1.29, 1.82) is 0 Å². The Balaban J connectivity index is 1.20. The summed E-state index contributed by atoms with van der Waals surface area (Å²) in [6.45, 7) is 3.47. The lowest BCUT2D eigenvalue weighted by Crippen LogP contribution is -2.51. The Morgan fingerprint density at radius 3 is 2.57 bits per heavy atom. The Morgan fingerprint density at radius 2 is 1.89 bits per heavy atom. The quantitative estimate of drug-likeness (QED) is 0.277. The molecule has 1 N–H and O–H groups in total. The molecule has 2 aliphatic rings. The molecular weight excluding hydrogens is 563 g/mol. The van der Waals surface area contributed by atoms with Crippen LogP contribution in [0.2, 0.25) is 0 Å². The lowest BCUT2D eigenvalue weighted by molar-refractivity contribution is -0.112. The molecule has 12 heteroatoms. The van der Waals surface area contributed by atoms with Crippen LogP contribution < -0.4 is 10.1 Å². The lowest BCUT2D eigenvalue weighted by atomic mass is 9.76. The van der Waals surface area contributed by atoms with E-state index < -0.39 is 5.54 Å². The van der Waals surface area contributed by atoms with Gasteiger partial charge in [0.05, 0.1) is 23.9 Å². The SMILES string of the molecule is COc1ccc(-n2cnnn2)cc1C(=O)N1CCC(CCN2CCC(NC=O)(c3cccnc3)CC2)(c2ccc(F)cc2)C1. The molecule has 0 radical (unpaired) electrons. The number of halogens is 1. The number of piperidine rings is 1. The van der Waals surface area contributed by atoms with Gasteiger partial charge < -0.3 is 19.9 Å². The second kappa shape index (κ2) is 12.5. The van der Waals surface area contributed by atoms with Crippen LogP contribution in [0.1, 0.15) is 47.2 Å². The molecular formula is C32H35FN8O3. The second-order valence-corrected chi connectivity index (χ2v) is 11.6. The number of likely N-dealkylation sites (tertiary alicyclic amines) is 2. The molecule has 0 spiro atoms. The molecule has 6 rings (SSSR count). The first-order valence-electron chi connectivity index (χ1n) is 14.8. The van der Waals surface area contributed by atoms with Crippen LogP contribution >= 0.6 is 0 Å². The van der Waals surface area contributed by atoms with Crippen LogP contribution in [0.15, 0.2) is 73.3 Å². The fourth-order valence-corrected chi connectivity index (χ4v) is 6.69. The molecule has 0 bridgehead atoms. The van der Waals surface area contributed by atoms with E-state index in [-0.39, 0.29) is 17.1 Å². The molecule has 2 saturated heterocycles. The van der Waals surface area contributed by atoms with E-state index in [1.165, 1.54) is 23.1 Å². The predicted molar refractivity (Wildman–Crippen MR) is 160 cm³/mol. The van der Waals surface area contributed by atoms with Gasteiger partial charge in [0, 0.05) is 44.0 Å². The molecule has 2 aliphatic heterocycles. The summed E-state index contributed by atoms with van der Waals surface area (Å²) in [6, 6.07) is 15.9. The van der Waals surface area contributed by atoms with Gasteiger partial charge in [-0.2, -0.15) is 0 Å². The van der Waals surface area contributed by atoms with Crippen molar-refractivity contribution >= 4 is 12.3 Å². The summed E-state index contributed by atoms with van der Waals surface area (Å²) in [5.41, 5.74) is 2.34. The number of carbonyl (C=O) groups excluding carboxylic acids is 2. The van der Waals surface area contributed by atoms with Crippen LogP contribution in [0.25, 0.3) is 5.69 Å². The Morgan fingerprint density at radius 1 is 1.07 bits per heavy atom. The molecule has 0 saturated carbocycles. The maximum Gasteiger partial charge on any atom is 0.257 e. The van der Waals surface area contributed by atoms with Gasteiger partial charge in [-0.25, -0.2) is 9.07 Å². The zero-order valence-electron chi connectivity index (χ0n) is 24.6. The third-order valence-electron chi connectivity index (χ3n) is 9.29. The third-order valence-corrected chi connectivity index (χ3v) is 9.29. The summed E-state index contributed by atoms with van der Waals surface area (Å²) in [7, 11) is 1.54. The number of carbonyl (C=O) groups is 2. The number of methoxy groups -OCH3 is 1. The van der Waals surface area contributed by atoms with Gasteiger partial charge in [0.1, 0.15) is 17.9 Å². The minimum atomic E-state index is -0.437. The maximum atomic E-state index is 14.0. The molecule has 1 unspecified atom stereocenters. The summed E-state index contributed by atoms with van der Waals surface area (Å²) in [5, 5.41) is 14.4. The van der Waals surface area contributed by atoms with Crippen molar-refractivity contribution in [2.45, 2.75) is 36.6 Å². The number of tetrazole rings is 1. The van der Waals surface area contributed by atoms with Gasteiger partial charge in [-0.1, -0.05) is 18.2 Å². The lowest BCUT2D eigenvalue weighted by Gasteiger charge is -2.42. The molecule has 2 aromatic carbocycles. The summed E-state index contributed by atoms with van der Waals surface area (Å²) < 4.78 is 21.0. The highest BCUT2D eigenvalue weighted by molar-refractivity contribution is 5.97. The fourth-order valence-electron chi connectivity index (χ4n) is 6.69. The van der Waals surface area contributed by atoms with Crippen LogP contribution in [0.5, 0.6) is 5.75 Å². The first-order chi connectivity index (χ1) is 21.4. The molecule has 2 amide bonds. The minimum Gasteiger partial charge on any atom is -0.496 e. The Labute approximate surface area is 255 Å². The fraction of sp³-hybridized carbons (Fsp3) is 0.375. The zero-order valence-corrected chi connectivity index (χ0v) is 24.6. The molecule has 4 aromatic rings. The standard InChI is InChI=1S/C32H35FN8O3/c1-44-29-9-8-27(41-22-36-37-38-41)19-28(29)30(43)40-18-11-31(21-40,24-4-6-26(33)7-5-24)10-15-39-16-12-32(13-17-39,35-23-42)25-3-2-14-34-20-25/h2-9,14,19-20,22-23H,10-13,15-18,21H2,1H3,(H,35,42). The van der Waals surface area contributed by atoms with Gasteiger partial charge >= 0.3 is 0 Å². The van der Waals surface area contributed by atoms with Gasteiger partial charge in [-0.3, -0.25) is 14.6 Å². The van der Waals surface area contributed by atoms with Crippen LogP contribution in [0.4, 0.5) is 4.39 Å². The van der Waals surface area contributed by atoms with Crippen molar-refractivity contribution in [3.05, 3.63) is 95.8 Å². The molecule has 44 heavy (non-hydrogen) atoms. The minimum absolute atomic E-state index is 0.139. The van der Waals surface area contributed by atoms with Crippen LogP contribution in [-0.4, -0.2) is 87.1 Å². The largest absolute Gasteiger partial charge is 0.496 e. The smallest absolute Gasteiger partial charge is 0.257 e. The average molecular weight is 599 g/mol. The van der Waals surface area contributed by atoms with Gasteiger partial charge in [-0.15, -0.1) is 5.10 Å². The number of pyridine rings is 1. The molecule has 2 fully saturated rings. The summed E-state index contributed by atoms with van der Waals surface area (Å²) in [4.78, 5) is 34.1. The van der Waals surface area contributed by atoms with E-state index in [2.05, 4.69) is 30.7 Å². The zero-order chi connectivity index (χ0) is 30.6. The normalized spacial score (nSPS) is 19.9.